The lowest BCUT2D eigenvalue weighted by Crippen LogP contribution is -2.35. The molecule has 4 aromatic rings. The highest BCUT2D eigenvalue weighted by Gasteiger charge is 2.37. The number of imide groups is 1. The molecule has 186 valence electrons. The molecule has 2 heterocycles. The van der Waals surface area contributed by atoms with Crippen molar-refractivity contribution in [2.75, 3.05) is 0 Å². The van der Waals surface area contributed by atoms with Crippen molar-refractivity contribution in [2.24, 2.45) is 0 Å². The summed E-state index contributed by atoms with van der Waals surface area (Å²) < 4.78 is 16.8. The van der Waals surface area contributed by atoms with E-state index in [0.29, 0.717) is 5.75 Å². The summed E-state index contributed by atoms with van der Waals surface area (Å²) in [6.45, 7) is 7.36. The van der Waals surface area contributed by atoms with Crippen LogP contribution in [0.25, 0.3) is 11.0 Å². The average Bonchev–Trinajstić information content (AvgIpc) is 3.09. The van der Waals surface area contributed by atoms with Crippen molar-refractivity contribution in [2.45, 2.75) is 33.7 Å². The van der Waals surface area contributed by atoms with Gasteiger partial charge in [-0.15, -0.1) is 0 Å². The van der Waals surface area contributed by atoms with Gasteiger partial charge >= 0.3 is 5.97 Å². The second-order valence-corrected chi connectivity index (χ2v) is 9.24. The van der Waals surface area contributed by atoms with Gasteiger partial charge in [-0.2, -0.15) is 0 Å². The Balaban J connectivity index is 1.38. The van der Waals surface area contributed by atoms with Gasteiger partial charge in [0, 0.05) is 12.1 Å². The Morgan fingerprint density at radius 2 is 1.54 bits per heavy atom. The summed E-state index contributed by atoms with van der Waals surface area (Å²) >= 11 is 0. The molecule has 0 fully saturated rings. The second kappa shape index (κ2) is 9.05. The predicted molar refractivity (Wildman–Crippen MR) is 136 cm³/mol. The first kappa shape index (κ1) is 24.0. The molecule has 0 saturated carbocycles. The van der Waals surface area contributed by atoms with Crippen LogP contribution in [0.2, 0.25) is 0 Å². The zero-order valence-electron chi connectivity index (χ0n) is 20.7. The van der Waals surface area contributed by atoms with E-state index in [-0.39, 0.29) is 56.5 Å². The zero-order chi connectivity index (χ0) is 26.4. The van der Waals surface area contributed by atoms with Crippen LogP contribution in [-0.4, -0.2) is 28.7 Å². The lowest BCUT2D eigenvalue weighted by atomic mass is 10.1. The van der Waals surface area contributed by atoms with Crippen LogP contribution in [0, 0.1) is 13.8 Å². The molecule has 0 unspecified atom stereocenters. The van der Waals surface area contributed by atoms with Crippen LogP contribution >= 0.6 is 0 Å². The van der Waals surface area contributed by atoms with Gasteiger partial charge in [0.15, 0.2) is 0 Å². The third-order valence-corrected chi connectivity index (χ3v) is 6.02. The first-order chi connectivity index (χ1) is 17.6. The number of nitrogens with zero attached hydrogens (tertiary/aromatic N) is 1. The minimum atomic E-state index is -0.720. The molecule has 0 radical (unpaired) electrons. The van der Waals surface area contributed by atoms with Crippen LogP contribution in [0.15, 0.2) is 70.1 Å². The standard InChI is InChI=1S/C29H23NO7/c1-15(2)30-27(32)21-7-5-18(12-23(21)28(30)33)29(34)37-19-6-8-22-24(13-19)35-14-25(26(22)31)36-20-10-16(3)9-17(4)11-20/h5-15H,1-4H3. The van der Waals surface area contributed by atoms with E-state index in [2.05, 4.69) is 0 Å². The molecule has 8 nitrogen and oxygen atoms in total. The van der Waals surface area contributed by atoms with Crippen LogP contribution in [0.4, 0.5) is 0 Å². The lowest BCUT2D eigenvalue weighted by Gasteiger charge is -2.17. The number of benzene rings is 3. The van der Waals surface area contributed by atoms with E-state index in [0.717, 1.165) is 16.0 Å². The van der Waals surface area contributed by atoms with Gasteiger partial charge < -0.3 is 13.9 Å². The Kier molecular flexibility index (Phi) is 5.87. The maximum absolute atomic E-state index is 12.9. The summed E-state index contributed by atoms with van der Waals surface area (Å²) in [6.07, 6.45) is 1.22. The molecule has 1 aliphatic heterocycles. The maximum Gasteiger partial charge on any atom is 0.343 e. The van der Waals surface area contributed by atoms with E-state index in [1.807, 2.05) is 32.0 Å². The number of ether oxygens (including phenoxy) is 2. The number of hydrogen-bond donors (Lipinski definition) is 0. The van der Waals surface area contributed by atoms with Crippen LogP contribution in [-0.2, 0) is 0 Å². The first-order valence-electron chi connectivity index (χ1n) is 11.7. The SMILES string of the molecule is Cc1cc(C)cc(Oc2coc3cc(OC(=O)c4ccc5c(c4)C(=O)N(C(C)C)C5=O)ccc3c2=O)c1. The van der Waals surface area contributed by atoms with E-state index < -0.39 is 11.9 Å². The van der Waals surface area contributed by atoms with Crippen LogP contribution in [0.5, 0.6) is 17.2 Å². The van der Waals surface area contributed by atoms with Gasteiger partial charge in [-0.05, 0) is 81.3 Å². The highest BCUT2D eigenvalue weighted by Crippen LogP contribution is 2.28. The Bertz CT molecular complexity index is 1640. The number of esters is 1. The van der Waals surface area contributed by atoms with Gasteiger partial charge in [0.25, 0.3) is 11.8 Å². The molecule has 0 aliphatic carbocycles. The van der Waals surface area contributed by atoms with Crippen molar-refractivity contribution < 1.29 is 28.3 Å². The third-order valence-electron chi connectivity index (χ3n) is 6.02. The molecule has 5 rings (SSSR count). The molecular formula is C29H23NO7. The van der Waals surface area contributed by atoms with Gasteiger partial charge in [-0.25, -0.2) is 4.79 Å². The molecule has 1 aromatic heterocycles. The number of carbonyl (C=O) groups is 3. The molecule has 0 atom stereocenters. The van der Waals surface area contributed by atoms with Crippen molar-refractivity contribution in [1.29, 1.82) is 0 Å². The Labute approximate surface area is 212 Å². The summed E-state index contributed by atoms with van der Waals surface area (Å²) in [5.41, 5.74) is 2.38. The van der Waals surface area contributed by atoms with Gasteiger partial charge in [0.05, 0.1) is 22.1 Å². The predicted octanol–water partition coefficient (Wildman–Crippen LogP) is 5.43. The topological polar surface area (TPSA) is 103 Å². The Hall–Kier alpha value is -4.72. The zero-order valence-corrected chi connectivity index (χ0v) is 20.7. The highest BCUT2D eigenvalue weighted by atomic mass is 16.5. The van der Waals surface area contributed by atoms with Crippen molar-refractivity contribution in [3.05, 3.63) is 98.9 Å². The fraction of sp³-hybridized carbons (Fsp3) is 0.172. The normalized spacial score (nSPS) is 12.8. The number of fused-ring (bicyclic) bond motifs is 2. The van der Waals surface area contributed by atoms with Gasteiger partial charge in [-0.3, -0.25) is 19.3 Å². The van der Waals surface area contributed by atoms with Crippen LogP contribution in [0.3, 0.4) is 0 Å². The molecule has 37 heavy (non-hydrogen) atoms. The van der Waals surface area contributed by atoms with Crippen molar-refractivity contribution in [1.82, 2.24) is 4.90 Å². The fourth-order valence-corrected chi connectivity index (χ4v) is 4.37. The summed E-state index contributed by atoms with van der Waals surface area (Å²) in [5, 5.41) is 0.261. The number of amides is 2. The van der Waals surface area contributed by atoms with Crippen molar-refractivity contribution in [3.63, 3.8) is 0 Å². The summed E-state index contributed by atoms with van der Waals surface area (Å²) in [4.78, 5) is 52.0. The van der Waals surface area contributed by atoms with E-state index in [4.69, 9.17) is 13.9 Å². The summed E-state index contributed by atoms with van der Waals surface area (Å²) in [6, 6.07) is 14.0. The van der Waals surface area contributed by atoms with Gasteiger partial charge in [0.1, 0.15) is 23.3 Å². The third kappa shape index (κ3) is 4.38. The first-order valence-corrected chi connectivity index (χ1v) is 11.7. The van der Waals surface area contributed by atoms with E-state index in [9.17, 15) is 19.2 Å². The molecule has 0 spiro atoms. The van der Waals surface area contributed by atoms with E-state index in [1.54, 1.807) is 13.8 Å². The molecule has 0 saturated heterocycles. The minimum Gasteiger partial charge on any atom is -0.460 e. The number of rotatable bonds is 5. The van der Waals surface area contributed by atoms with Gasteiger partial charge in [-0.1, -0.05) is 6.07 Å². The second-order valence-electron chi connectivity index (χ2n) is 9.24. The molecule has 3 aromatic carbocycles. The highest BCUT2D eigenvalue weighted by molar-refractivity contribution is 6.22. The minimum absolute atomic E-state index is 0.0371. The molecule has 0 N–H and O–H groups in total. The number of aryl methyl sites for hydroxylation is 2. The van der Waals surface area contributed by atoms with Crippen LogP contribution in [0.1, 0.15) is 56.0 Å². The molecule has 0 bridgehead atoms. The van der Waals surface area contributed by atoms with Crippen LogP contribution < -0.4 is 14.9 Å². The molecule has 1 aliphatic rings. The van der Waals surface area contributed by atoms with E-state index >= 15 is 0 Å². The van der Waals surface area contributed by atoms with E-state index in [1.165, 1.54) is 42.7 Å². The Morgan fingerprint density at radius 3 is 2.24 bits per heavy atom. The van der Waals surface area contributed by atoms with Gasteiger partial charge in [0.2, 0.25) is 11.2 Å². The average molecular weight is 498 g/mol. The summed E-state index contributed by atoms with van der Waals surface area (Å²) in [5.74, 6) is -0.843. The fourth-order valence-electron chi connectivity index (χ4n) is 4.37. The molecule has 8 heteroatoms. The van der Waals surface area contributed by atoms with Crippen molar-refractivity contribution >= 4 is 28.8 Å². The number of hydrogen-bond acceptors (Lipinski definition) is 7. The maximum atomic E-state index is 12.9. The lowest BCUT2D eigenvalue weighted by molar-refractivity contribution is 0.0608. The van der Waals surface area contributed by atoms with Crippen molar-refractivity contribution in [3.8, 4) is 17.2 Å². The quantitative estimate of drug-likeness (QED) is 0.206. The smallest absolute Gasteiger partial charge is 0.343 e. The molecule has 2 amide bonds. The Morgan fingerprint density at radius 1 is 0.838 bits per heavy atom. The number of carbonyl (C=O) groups excluding carboxylic acids is 3. The largest absolute Gasteiger partial charge is 0.460 e. The molecular weight excluding hydrogens is 474 g/mol. The summed E-state index contributed by atoms with van der Waals surface area (Å²) in [7, 11) is 0. The monoisotopic (exact) mass is 497 g/mol.